The van der Waals surface area contributed by atoms with Gasteiger partial charge in [0.25, 0.3) is 0 Å². The Labute approximate surface area is 218 Å². The normalized spacial score (nSPS) is 16.8. The molecule has 0 N–H and O–H groups in total. The summed E-state index contributed by atoms with van der Waals surface area (Å²) in [6.07, 6.45) is -0.00793. The number of piperazine rings is 1. The molecule has 2 aliphatic heterocycles. The average molecular weight is 509 g/mol. The van der Waals surface area contributed by atoms with Gasteiger partial charge in [-0.15, -0.1) is 0 Å². The quantitative estimate of drug-likeness (QED) is 0.595. The number of carbonyl (C=O) groups excluding carboxylic acids is 3. The van der Waals surface area contributed by atoms with Crippen molar-refractivity contribution in [3.8, 4) is 5.75 Å². The maximum absolute atomic E-state index is 13.3. The molecule has 4 amide bonds. The Morgan fingerprint density at radius 1 is 0.946 bits per heavy atom. The van der Waals surface area contributed by atoms with Gasteiger partial charge in [-0.1, -0.05) is 12.1 Å². The summed E-state index contributed by atoms with van der Waals surface area (Å²) in [5.74, 6) is 0.554. The first-order valence-corrected chi connectivity index (χ1v) is 12.6. The largest absolute Gasteiger partial charge is 0.497 e. The Morgan fingerprint density at radius 2 is 1.62 bits per heavy atom. The van der Waals surface area contributed by atoms with E-state index in [-0.39, 0.29) is 31.0 Å². The zero-order valence-electron chi connectivity index (χ0n) is 22.3. The summed E-state index contributed by atoms with van der Waals surface area (Å²) < 4.78 is 10.7. The molecule has 2 heterocycles. The van der Waals surface area contributed by atoms with E-state index in [1.165, 1.54) is 4.90 Å². The molecule has 0 radical (unpaired) electrons. The van der Waals surface area contributed by atoms with Gasteiger partial charge in [-0.25, -0.2) is 9.59 Å². The third-order valence-corrected chi connectivity index (χ3v) is 6.58. The molecule has 9 heteroatoms. The molecule has 2 aliphatic rings. The van der Waals surface area contributed by atoms with Gasteiger partial charge in [0.1, 0.15) is 11.4 Å². The molecule has 2 aromatic rings. The van der Waals surface area contributed by atoms with E-state index in [0.29, 0.717) is 32.7 Å². The van der Waals surface area contributed by atoms with Crippen molar-refractivity contribution in [2.45, 2.75) is 46.3 Å². The predicted octanol–water partition coefficient (Wildman–Crippen LogP) is 4.42. The number of hydrogen-bond acceptors (Lipinski definition) is 6. The number of methoxy groups -OCH3 is 1. The van der Waals surface area contributed by atoms with Gasteiger partial charge in [0.2, 0.25) is 5.91 Å². The molecule has 9 nitrogen and oxygen atoms in total. The van der Waals surface area contributed by atoms with E-state index in [1.807, 2.05) is 64.1 Å². The summed E-state index contributed by atoms with van der Waals surface area (Å²) in [6.45, 7) is 10.7. The molecule has 0 atom stereocenters. The van der Waals surface area contributed by atoms with E-state index in [0.717, 1.165) is 28.3 Å². The Hall–Kier alpha value is -3.75. The van der Waals surface area contributed by atoms with Crippen molar-refractivity contribution < 1.29 is 23.9 Å². The Bertz CT molecular complexity index is 1150. The number of benzene rings is 2. The first-order chi connectivity index (χ1) is 17.6. The van der Waals surface area contributed by atoms with Crippen LogP contribution in [0.3, 0.4) is 0 Å². The molecule has 2 aromatic carbocycles. The second-order valence-corrected chi connectivity index (χ2v) is 10.4. The maximum atomic E-state index is 13.3. The van der Waals surface area contributed by atoms with Gasteiger partial charge >= 0.3 is 12.1 Å². The van der Waals surface area contributed by atoms with Gasteiger partial charge in [-0.05, 0) is 69.2 Å². The molecule has 37 heavy (non-hydrogen) atoms. The molecule has 0 unspecified atom stereocenters. The van der Waals surface area contributed by atoms with Crippen molar-refractivity contribution >= 4 is 29.4 Å². The van der Waals surface area contributed by atoms with E-state index in [4.69, 9.17) is 9.47 Å². The summed E-state index contributed by atoms with van der Waals surface area (Å²) in [6, 6.07) is 13.1. The summed E-state index contributed by atoms with van der Waals surface area (Å²) in [7, 11) is 1.60. The van der Waals surface area contributed by atoms with Crippen molar-refractivity contribution in [3.05, 3.63) is 53.6 Å². The lowest BCUT2D eigenvalue weighted by atomic mass is 10.1. The Morgan fingerprint density at radius 3 is 2.22 bits per heavy atom. The monoisotopic (exact) mass is 508 g/mol. The fourth-order valence-corrected chi connectivity index (χ4v) is 4.60. The highest BCUT2D eigenvalue weighted by Crippen LogP contribution is 2.30. The number of urea groups is 1. The maximum Gasteiger partial charge on any atom is 0.410 e. The molecule has 2 saturated heterocycles. The third kappa shape index (κ3) is 6.15. The highest BCUT2D eigenvalue weighted by atomic mass is 16.6. The Kier molecular flexibility index (Phi) is 7.61. The number of amides is 4. The second-order valence-electron chi connectivity index (χ2n) is 10.4. The minimum Gasteiger partial charge on any atom is -0.497 e. The van der Waals surface area contributed by atoms with Crippen LogP contribution in [0.2, 0.25) is 0 Å². The van der Waals surface area contributed by atoms with Crippen LogP contribution in [-0.2, 0) is 16.1 Å². The zero-order chi connectivity index (χ0) is 26.7. The number of rotatable bonds is 5. The smallest absolute Gasteiger partial charge is 0.410 e. The molecule has 4 rings (SSSR count). The van der Waals surface area contributed by atoms with E-state index in [2.05, 4.69) is 11.0 Å². The van der Waals surface area contributed by atoms with Gasteiger partial charge in [0, 0.05) is 50.5 Å². The van der Waals surface area contributed by atoms with Crippen LogP contribution in [-0.4, -0.2) is 73.3 Å². The SMILES string of the molecule is COc1ccc(CN2C(=O)CCN(c3ccc(N4CCN(C(=O)OC(C)(C)C)CC4)cc3C)C2=O)cc1. The van der Waals surface area contributed by atoms with E-state index in [1.54, 1.807) is 16.9 Å². The van der Waals surface area contributed by atoms with Crippen LogP contribution >= 0.6 is 0 Å². The number of imide groups is 1. The lowest BCUT2D eigenvalue weighted by Crippen LogP contribution is -2.52. The molecule has 2 fully saturated rings. The van der Waals surface area contributed by atoms with Crippen LogP contribution in [0.4, 0.5) is 21.0 Å². The second kappa shape index (κ2) is 10.7. The molecular formula is C28H36N4O5. The lowest BCUT2D eigenvalue weighted by Gasteiger charge is -2.37. The highest BCUT2D eigenvalue weighted by Gasteiger charge is 2.34. The zero-order valence-corrected chi connectivity index (χ0v) is 22.3. The van der Waals surface area contributed by atoms with Crippen molar-refractivity contribution in [3.63, 3.8) is 0 Å². The molecule has 198 valence electrons. The fraction of sp³-hybridized carbons (Fsp3) is 0.464. The lowest BCUT2D eigenvalue weighted by molar-refractivity contribution is -0.129. The van der Waals surface area contributed by atoms with Crippen LogP contribution in [0.1, 0.15) is 38.3 Å². The number of hydrogen-bond donors (Lipinski definition) is 0. The summed E-state index contributed by atoms with van der Waals surface area (Å²) in [5, 5.41) is 0. The summed E-state index contributed by atoms with van der Waals surface area (Å²) in [4.78, 5) is 45.3. The van der Waals surface area contributed by atoms with Gasteiger partial charge in [0.15, 0.2) is 0 Å². The average Bonchev–Trinajstić information content (AvgIpc) is 2.86. The number of ether oxygens (including phenoxy) is 2. The van der Waals surface area contributed by atoms with Gasteiger partial charge in [-0.2, -0.15) is 0 Å². The van der Waals surface area contributed by atoms with Crippen LogP contribution in [0.5, 0.6) is 5.75 Å². The van der Waals surface area contributed by atoms with Crippen LogP contribution in [0.15, 0.2) is 42.5 Å². The minimum absolute atomic E-state index is 0.172. The topological polar surface area (TPSA) is 82.6 Å². The van der Waals surface area contributed by atoms with Gasteiger partial charge in [0.05, 0.1) is 13.7 Å². The van der Waals surface area contributed by atoms with E-state index < -0.39 is 5.60 Å². The van der Waals surface area contributed by atoms with Crippen LogP contribution in [0.25, 0.3) is 0 Å². The first-order valence-electron chi connectivity index (χ1n) is 12.6. The highest BCUT2D eigenvalue weighted by molar-refractivity contribution is 6.06. The standard InChI is InChI=1S/C28H36N4O5/c1-20-18-22(29-14-16-30(17-15-29)27(35)37-28(2,3)4)8-11-24(20)31-13-12-25(33)32(26(31)34)19-21-6-9-23(36-5)10-7-21/h6-11,18H,12-17,19H2,1-5H3. The minimum atomic E-state index is -0.512. The van der Waals surface area contributed by atoms with E-state index in [9.17, 15) is 14.4 Å². The first kappa shape index (κ1) is 26.3. The third-order valence-electron chi connectivity index (χ3n) is 6.58. The number of nitrogens with zero attached hydrogens (tertiary/aromatic N) is 4. The molecule has 0 saturated carbocycles. The fourth-order valence-electron chi connectivity index (χ4n) is 4.60. The van der Waals surface area contributed by atoms with Crippen molar-refractivity contribution in [1.29, 1.82) is 0 Å². The van der Waals surface area contributed by atoms with Crippen LogP contribution in [0, 0.1) is 6.92 Å². The molecule has 0 aromatic heterocycles. The van der Waals surface area contributed by atoms with Crippen molar-refractivity contribution in [1.82, 2.24) is 9.80 Å². The molecule has 0 bridgehead atoms. The van der Waals surface area contributed by atoms with Gasteiger partial charge in [-0.3, -0.25) is 14.6 Å². The number of carbonyl (C=O) groups is 3. The molecular weight excluding hydrogens is 472 g/mol. The van der Waals surface area contributed by atoms with Crippen LogP contribution < -0.4 is 14.5 Å². The predicted molar refractivity (Wildman–Crippen MR) is 142 cm³/mol. The van der Waals surface area contributed by atoms with Gasteiger partial charge < -0.3 is 19.3 Å². The van der Waals surface area contributed by atoms with E-state index >= 15 is 0 Å². The summed E-state index contributed by atoms with van der Waals surface area (Å²) in [5.41, 5.74) is 3.15. The Balaban J connectivity index is 1.42. The number of aryl methyl sites for hydroxylation is 1. The molecule has 0 aliphatic carbocycles. The number of anilines is 2. The summed E-state index contributed by atoms with van der Waals surface area (Å²) >= 11 is 0. The van der Waals surface area contributed by atoms with Crippen molar-refractivity contribution in [2.75, 3.05) is 49.6 Å². The molecule has 0 spiro atoms. The van der Waals surface area contributed by atoms with Crippen molar-refractivity contribution in [2.24, 2.45) is 0 Å².